The third kappa shape index (κ3) is 3.41. The highest BCUT2D eigenvalue weighted by Gasteiger charge is 2.22. The highest BCUT2D eigenvalue weighted by atomic mass is 35.5. The second-order valence-electron chi connectivity index (χ2n) is 3.69. The standard InChI is InChI=1S/C10H6ClFN4O4S/c11-10-13-4-3-9(14-10)15-21(19,20)8-2-1-6(16(17)18)5-7(8)12/h1-5H,(H,13,14,15). The van der Waals surface area contributed by atoms with Gasteiger partial charge in [0, 0.05) is 12.3 Å². The smallest absolute Gasteiger partial charge is 0.263 e. The minimum absolute atomic E-state index is 0.159. The van der Waals surface area contributed by atoms with E-state index in [1.165, 1.54) is 12.3 Å². The number of sulfonamides is 1. The number of nitrogens with one attached hydrogen (secondary N) is 1. The van der Waals surface area contributed by atoms with Crippen LogP contribution in [-0.4, -0.2) is 23.3 Å². The minimum Gasteiger partial charge on any atom is -0.263 e. The van der Waals surface area contributed by atoms with E-state index in [-0.39, 0.29) is 11.1 Å². The molecule has 0 aliphatic heterocycles. The van der Waals surface area contributed by atoms with Crippen LogP contribution in [0, 0.1) is 15.9 Å². The summed E-state index contributed by atoms with van der Waals surface area (Å²) in [5.74, 6) is -1.41. The minimum atomic E-state index is -4.30. The van der Waals surface area contributed by atoms with Crippen LogP contribution in [0.1, 0.15) is 0 Å². The van der Waals surface area contributed by atoms with Crippen LogP contribution in [0.5, 0.6) is 0 Å². The molecule has 0 bridgehead atoms. The maximum Gasteiger partial charge on any atom is 0.272 e. The lowest BCUT2D eigenvalue weighted by Crippen LogP contribution is -2.15. The fourth-order valence-electron chi connectivity index (χ4n) is 1.41. The van der Waals surface area contributed by atoms with Crippen molar-refractivity contribution in [2.24, 2.45) is 0 Å². The topological polar surface area (TPSA) is 115 Å². The van der Waals surface area contributed by atoms with Gasteiger partial charge in [0.15, 0.2) is 5.82 Å². The summed E-state index contributed by atoms with van der Waals surface area (Å²) in [5.41, 5.74) is -0.559. The predicted octanol–water partition coefficient (Wildman–Crippen LogP) is 1.98. The first kappa shape index (κ1) is 15.1. The molecule has 110 valence electrons. The van der Waals surface area contributed by atoms with E-state index in [9.17, 15) is 22.9 Å². The molecule has 2 aromatic rings. The Balaban J connectivity index is 2.38. The van der Waals surface area contributed by atoms with Crippen molar-refractivity contribution in [1.82, 2.24) is 9.97 Å². The maximum atomic E-state index is 13.7. The molecule has 1 aromatic heterocycles. The molecule has 1 aromatic carbocycles. The van der Waals surface area contributed by atoms with Gasteiger partial charge in [-0.05, 0) is 23.7 Å². The Kier molecular flexibility index (Phi) is 4.00. The molecule has 2 rings (SSSR count). The largest absolute Gasteiger partial charge is 0.272 e. The summed E-state index contributed by atoms with van der Waals surface area (Å²) < 4.78 is 39.7. The molecule has 11 heteroatoms. The maximum absolute atomic E-state index is 13.7. The van der Waals surface area contributed by atoms with Crippen LogP contribution in [0.2, 0.25) is 5.28 Å². The van der Waals surface area contributed by atoms with Gasteiger partial charge in [0.25, 0.3) is 15.7 Å². The van der Waals surface area contributed by atoms with Crippen molar-refractivity contribution in [3.8, 4) is 0 Å². The van der Waals surface area contributed by atoms with Gasteiger partial charge < -0.3 is 0 Å². The molecule has 21 heavy (non-hydrogen) atoms. The Labute approximate surface area is 122 Å². The predicted molar refractivity (Wildman–Crippen MR) is 70.9 cm³/mol. The van der Waals surface area contributed by atoms with Gasteiger partial charge in [-0.1, -0.05) is 0 Å². The van der Waals surface area contributed by atoms with Crippen LogP contribution in [-0.2, 0) is 10.0 Å². The summed E-state index contributed by atoms with van der Waals surface area (Å²) in [5, 5.41) is 10.3. The number of hydrogen-bond acceptors (Lipinski definition) is 6. The van der Waals surface area contributed by atoms with Gasteiger partial charge in [-0.3, -0.25) is 14.8 Å². The van der Waals surface area contributed by atoms with Gasteiger partial charge >= 0.3 is 0 Å². The molecule has 0 saturated carbocycles. The first-order valence-corrected chi connectivity index (χ1v) is 7.11. The zero-order chi connectivity index (χ0) is 15.6. The summed E-state index contributed by atoms with van der Waals surface area (Å²) in [7, 11) is -4.30. The van der Waals surface area contributed by atoms with Crippen molar-refractivity contribution in [3.63, 3.8) is 0 Å². The van der Waals surface area contributed by atoms with Crippen molar-refractivity contribution >= 4 is 33.1 Å². The third-order valence-corrected chi connectivity index (χ3v) is 3.85. The van der Waals surface area contributed by atoms with Crippen molar-refractivity contribution in [3.05, 3.63) is 51.7 Å². The van der Waals surface area contributed by atoms with Crippen LogP contribution in [0.3, 0.4) is 0 Å². The number of nitro groups is 1. The molecular formula is C10H6ClFN4O4S. The monoisotopic (exact) mass is 332 g/mol. The highest BCUT2D eigenvalue weighted by Crippen LogP contribution is 2.22. The molecule has 8 nitrogen and oxygen atoms in total. The summed E-state index contributed by atoms with van der Waals surface area (Å²) in [4.78, 5) is 16.1. The summed E-state index contributed by atoms with van der Waals surface area (Å²) in [6, 6.07) is 3.40. The van der Waals surface area contributed by atoms with Crippen molar-refractivity contribution in [2.45, 2.75) is 4.90 Å². The normalized spacial score (nSPS) is 11.1. The van der Waals surface area contributed by atoms with Gasteiger partial charge in [0.2, 0.25) is 5.28 Å². The molecule has 0 unspecified atom stereocenters. The molecule has 1 N–H and O–H groups in total. The SMILES string of the molecule is O=[N+]([O-])c1ccc(S(=O)(=O)Nc2ccnc(Cl)n2)c(F)c1. The van der Waals surface area contributed by atoms with E-state index in [1.807, 2.05) is 4.72 Å². The zero-order valence-electron chi connectivity index (χ0n) is 10.0. The molecule has 0 saturated heterocycles. The molecule has 0 amide bonds. The number of benzene rings is 1. The number of hydrogen-bond donors (Lipinski definition) is 1. The molecule has 0 atom stereocenters. The van der Waals surface area contributed by atoms with Crippen LogP contribution < -0.4 is 4.72 Å². The first-order valence-electron chi connectivity index (χ1n) is 5.25. The van der Waals surface area contributed by atoms with Crippen LogP contribution in [0.4, 0.5) is 15.9 Å². The van der Waals surface area contributed by atoms with Gasteiger partial charge in [0.1, 0.15) is 10.7 Å². The average molecular weight is 333 g/mol. The van der Waals surface area contributed by atoms with Crippen LogP contribution in [0.15, 0.2) is 35.4 Å². The highest BCUT2D eigenvalue weighted by molar-refractivity contribution is 7.92. The molecule has 0 fully saturated rings. The Morgan fingerprint density at radius 2 is 2.05 bits per heavy atom. The molecule has 1 heterocycles. The quantitative estimate of drug-likeness (QED) is 0.520. The lowest BCUT2D eigenvalue weighted by Gasteiger charge is -2.07. The van der Waals surface area contributed by atoms with E-state index >= 15 is 0 Å². The van der Waals surface area contributed by atoms with Crippen molar-refractivity contribution in [2.75, 3.05) is 4.72 Å². The van der Waals surface area contributed by atoms with Gasteiger partial charge in [-0.2, -0.15) is 4.98 Å². The zero-order valence-corrected chi connectivity index (χ0v) is 11.6. The van der Waals surface area contributed by atoms with E-state index in [2.05, 4.69) is 9.97 Å². The first-order chi connectivity index (χ1) is 9.79. The van der Waals surface area contributed by atoms with E-state index in [4.69, 9.17) is 11.6 Å². The van der Waals surface area contributed by atoms with E-state index in [1.54, 1.807) is 0 Å². The number of non-ortho nitro benzene ring substituents is 1. The number of nitro benzene ring substituents is 1. The summed E-state index contributed by atoms with van der Waals surface area (Å²) >= 11 is 5.50. The molecule has 0 aliphatic carbocycles. The molecule has 0 aliphatic rings. The van der Waals surface area contributed by atoms with Crippen LogP contribution in [0.25, 0.3) is 0 Å². The second-order valence-corrected chi connectivity index (χ2v) is 5.68. The number of halogens is 2. The average Bonchev–Trinajstić information content (AvgIpc) is 2.37. The molecule has 0 radical (unpaired) electrons. The number of rotatable bonds is 4. The summed E-state index contributed by atoms with van der Waals surface area (Å²) in [6.07, 6.45) is 1.21. The van der Waals surface area contributed by atoms with Gasteiger partial charge in [0.05, 0.1) is 11.0 Å². The van der Waals surface area contributed by atoms with E-state index < -0.39 is 31.3 Å². The number of anilines is 1. The van der Waals surface area contributed by atoms with Crippen LogP contribution >= 0.6 is 11.6 Å². The third-order valence-electron chi connectivity index (χ3n) is 2.28. The Hall–Kier alpha value is -2.33. The second kappa shape index (κ2) is 5.58. The Morgan fingerprint density at radius 1 is 1.33 bits per heavy atom. The number of aromatic nitrogens is 2. The molecular weight excluding hydrogens is 327 g/mol. The molecule has 0 spiro atoms. The van der Waals surface area contributed by atoms with E-state index in [0.29, 0.717) is 6.07 Å². The van der Waals surface area contributed by atoms with E-state index in [0.717, 1.165) is 12.1 Å². The Morgan fingerprint density at radius 3 is 2.62 bits per heavy atom. The number of nitrogens with zero attached hydrogens (tertiary/aromatic N) is 3. The lowest BCUT2D eigenvalue weighted by atomic mass is 10.3. The van der Waals surface area contributed by atoms with Gasteiger partial charge in [-0.25, -0.2) is 17.8 Å². The lowest BCUT2D eigenvalue weighted by molar-refractivity contribution is -0.385. The fourth-order valence-corrected chi connectivity index (χ4v) is 2.61. The van der Waals surface area contributed by atoms with Crippen molar-refractivity contribution < 1.29 is 17.7 Å². The Bertz CT molecular complexity index is 814. The fraction of sp³-hybridized carbons (Fsp3) is 0. The summed E-state index contributed by atoms with van der Waals surface area (Å²) in [6.45, 7) is 0. The van der Waals surface area contributed by atoms with Crippen molar-refractivity contribution in [1.29, 1.82) is 0 Å². The van der Waals surface area contributed by atoms with Gasteiger partial charge in [-0.15, -0.1) is 0 Å².